The molecule has 0 saturated carbocycles. The number of thiophene rings is 1. The minimum atomic E-state index is 0.728. The standard InChI is InChI=1S/C12H16ClN3S/c1-9-11(12(13)16(2)15-9)8-14-6-5-10-4-3-7-17-10/h3-4,7,14H,5-6,8H2,1-2H3. The summed E-state index contributed by atoms with van der Waals surface area (Å²) in [5, 5.41) is 10.5. The molecule has 0 amide bonds. The molecule has 0 radical (unpaired) electrons. The molecule has 2 heterocycles. The number of rotatable bonds is 5. The molecule has 0 bridgehead atoms. The zero-order valence-corrected chi connectivity index (χ0v) is 11.6. The summed E-state index contributed by atoms with van der Waals surface area (Å²) >= 11 is 7.95. The van der Waals surface area contributed by atoms with Gasteiger partial charge in [0.1, 0.15) is 5.15 Å². The average molecular weight is 270 g/mol. The van der Waals surface area contributed by atoms with Crippen LogP contribution in [0.15, 0.2) is 17.5 Å². The lowest BCUT2D eigenvalue weighted by Crippen LogP contribution is -2.16. The summed E-state index contributed by atoms with van der Waals surface area (Å²) in [6.07, 6.45) is 1.06. The Bertz CT molecular complexity index is 476. The van der Waals surface area contributed by atoms with Crippen molar-refractivity contribution in [1.82, 2.24) is 15.1 Å². The van der Waals surface area contributed by atoms with Crippen LogP contribution in [-0.4, -0.2) is 16.3 Å². The predicted octanol–water partition coefficient (Wildman–Crippen LogP) is 2.78. The summed E-state index contributed by atoms with van der Waals surface area (Å²) in [6, 6.07) is 4.25. The van der Waals surface area contributed by atoms with Crippen molar-refractivity contribution in [3.05, 3.63) is 38.8 Å². The molecule has 2 aromatic rings. The number of halogens is 1. The molecule has 5 heteroatoms. The first-order valence-electron chi connectivity index (χ1n) is 5.59. The molecule has 2 aromatic heterocycles. The fourth-order valence-corrected chi connectivity index (χ4v) is 2.70. The van der Waals surface area contributed by atoms with E-state index < -0.39 is 0 Å². The van der Waals surface area contributed by atoms with Gasteiger partial charge in [0.2, 0.25) is 0 Å². The second-order valence-corrected chi connectivity index (χ2v) is 5.37. The van der Waals surface area contributed by atoms with Gasteiger partial charge in [0.25, 0.3) is 0 Å². The van der Waals surface area contributed by atoms with E-state index in [9.17, 15) is 0 Å². The molecule has 17 heavy (non-hydrogen) atoms. The van der Waals surface area contributed by atoms with Crippen molar-refractivity contribution in [2.45, 2.75) is 19.9 Å². The van der Waals surface area contributed by atoms with Gasteiger partial charge in [0.15, 0.2) is 0 Å². The van der Waals surface area contributed by atoms with Crippen molar-refractivity contribution in [3.8, 4) is 0 Å². The van der Waals surface area contributed by atoms with Crippen LogP contribution in [0.2, 0.25) is 5.15 Å². The molecule has 92 valence electrons. The van der Waals surface area contributed by atoms with Gasteiger partial charge in [-0.15, -0.1) is 11.3 Å². The van der Waals surface area contributed by atoms with E-state index in [1.165, 1.54) is 4.88 Å². The Morgan fingerprint density at radius 2 is 2.35 bits per heavy atom. The molecule has 0 fully saturated rings. The average Bonchev–Trinajstić information content (AvgIpc) is 2.87. The first-order chi connectivity index (χ1) is 8.18. The van der Waals surface area contributed by atoms with Gasteiger partial charge < -0.3 is 5.32 Å². The second-order valence-electron chi connectivity index (χ2n) is 3.98. The third-order valence-corrected chi connectivity index (χ3v) is 4.11. The molecule has 0 saturated heterocycles. The molecular formula is C12H16ClN3S. The van der Waals surface area contributed by atoms with Crippen LogP contribution in [0.4, 0.5) is 0 Å². The summed E-state index contributed by atoms with van der Waals surface area (Å²) in [4.78, 5) is 1.41. The van der Waals surface area contributed by atoms with Crippen LogP contribution in [0.5, 0.6) is 0 Å². The predicted molar refractivity (Wildman–Crippen MR) is 72.7 cm³/mol. The fourth-order valence-electron chi connectivity index (χ4n) is 1.75. The monoisotopic (exact) mass is 269 g/mol. The van der Waals surface area contributed by atoms with Crippen molar-refractivity contribution in [2.24, 2.45) is 7.05 Å². The zero-order chi connectivity index (χ0) is 12.3. The van der Waals surface area contributed by atoms with Gasteiger partial charge in [-0.3, -0.25) is 4.68 Å². The number of aryl methyl sites for hydroxylation is 2. The molecule has 0 aliphatic rings. The van der Waals surface area contributed by atoms with E-state index >= 15 is 0 Å². The maximum absolute atomic E-state index is 6.16. The van der Waals surface area contributed by atoms with Gasteiger partial charge in [-0.25, -0.2) is 0 Å². The first-order valence-corrected chi connectivity index (χ1v) is 6.85. The third-order valence-electron chi connectivity index (χ3n) is 2.70. The van der Waals surface area contributed by atoms with Crippen molar-refractivity contribution in [1.29, 1.82) is 0 Å². The van der Waals surface area contributed by atoms with Crippen molar-refractivity contribution < 1.29 is 0 Å². The maximum atomic E-state index is 6.16. The first kappa shape index (κ1) is 12.6. The summed E-state index contributed by atoms with van der Waals surface area (Å²) in [5.74, 6) is 0. The van der Waals surface area contributed by atoms with Crippen LogP contribution in [0.1, 0.15) is 16.1 Å². The highest BCUT2D eigenvalue weighted by molar-refractivity contribution is 7.09. The Morgan fingerprint density at radius 1 is 1.53 bits per heavy atom. The number of aromatic nitrogens is 2. The SMILES string of the molecule is Cc1nn(C)c(Cl)c1CNCCc1cccs1. The molecule has 0 atom stereocenters. The summed E-state index contributed by atoms with van der Waals surface area (Å²) in [7, 11) is 1.87. The van der Waals surface area contributed by atoms with Gasteiger partial charge in [-0.05, 0) is 24.8 Å². The van der Waals surface area contributed by atoms with Gasteiger partial charge in [0, 0.05) is 30.6 Å². The zero-order valence-electron chi connectivity index (χ0n) is 10.0. The van der Waals surface area contributed by atoms with E-state index in [2.05, 4.69) is 27.9 Å². The third kappa shape index (κ3) is 3.09. The molecule has 0 aliphatic heterocycles. The Hall–Kier alpha value is -0.840. The van der Waals surface area contributed by atoms with Crippen LogP contribution in [0.25, 0.3) is 0 Å². The van der Waals surface area contributed by atoms with Gasteiger partial charge >= 0.3 is 0 Å². The van der Waals surface area contributed by atoms with E-state index in [1.807, 2.05) is 14.0 Å². The summed E-state index contributed by atoms with van der Waals surface area (Å²) in [6.45, 7) is 3.73. The van der Waals surface area contributed by atoms with Gasteiger partial charge in [0.05, 0.1) is 5.69 Å². The Balaban J connectivity index is 1.82. The molecule has 2 rings (SSSR count). The van der Waals surface area contributed by atoms with Crippen molar-refractivity contribution in [3.63, 3.8) is 0 Å². The number of hydrogen-bond acceptors (Lipinski definition) is 3. The van der Waals surface area contributed by atoms with Crippen LogP contribution >= 0.6 is 22.9 Å². The highest BCUT2D eigenvalue weighted by Gasteiger charge is 2.09. The quantitative estimate of drug-likeness (QED) is 0.846. The molecule has 3 nitrogen and oxygen atoms in total. The highest BCUT2D eigenvalue weighted by Crippen LogP contribution is 2.18. The number of nitrogens with zero attached hydrogens (tertiary/aromatic N) is 2. The fraction of sp³-hybridized carbons (Fsp3) is 0.417. The Morgan fingerprint density at radius 3 is 2.94 bits per heavy atom. The summed E-state index contributed by atoms with van der Waals surface area (Å²) in [5.41, 5.74) is 2.10. The Labute approximate surface area is 110 Å². The van der Waals surface area contributed by atoms with E-state index in [0.717, 1.165) is 35.9 Å². The second kappa shape index (κ2) is 5.67. The van der Waals surface area contributed by atoms with Crippen LogP contribution in [0.3, 0.4) is 0 Å². The van der Waals surface area contributed by atoms with Crippen LogP contribution in [0, 0.1) is 6.92 Å². The lowest BCUT2D eigenvalue weighted by Gasteiger charge is -2.03. The molecule has 0 unspecified atom stereocenters. The van der Waals surface area contributed by atoms with Crippen molar-refractivity contribution in [2.75, 3.05) is 6.54 Å². The van der Waals surface area contributed by atoms with E-state index in [-0.39, 0.29) is 0 Å². The number of hydrogen-bond donors (Lipinski definition) is 1. The normalized spacial score (nSPS) is 11.0. The summed E-state index contributed by atoms with van der Waals surface area (Å²) < 4.78 is 1.72. The van der Waals surface area contributed by atoms with Crippen molar-refractivity contribution >= 4 is 22.9 Å². The van der Waals surface area contributed by atoms with Gasteiger partial charge in [-0.1, -0.05) is 17.7 Å². The van der Waals surface area contributed by atoms with E-state index in [4.69, 9.17) is 11.6 Å². The topological polar surface area (TPSA) is 29.9 Å². The molecule has 1 N–H and O–H groups in total. The highest BCUT2D eigenvalue weighted by atomic mass is 35.5. The molecule has 0 aliphatic carbocycles. The number of nitrogens with one attached hydrogen (secondary N) is 1. The molecular weight excluding hydrogens is 254 g/mol. The maximum Gasteiger partial charge on any atom is 0.131 e. The van der Waals surface area contributed by atoms with E-state index in [1.54, 1.807) is 16.0 Å². The lowest BCUT2D eigenvalue weighted by molar-refractivity contribution is 0.688. The minimum absolute atomic E-state index is 0.728. The largest absolute Gasteiger partial charge is 0.312 e. The smallest absolute Gasteiger partial charge is 0.131 e. The Kier molecular flexibility index (Phi) is 4.20. The lowest BCUT2D eigenvalue weighted by atomic mass is 10.2. The molecule has 0 aromatic carbocycles. The minimum Gasteiger partial charge on any atom is -0.312 e. The molecule has 0 spiro atoms. The van der Waals surface area contributed by atoms with Crippen LogP contribution < -0.4 is 5.32 Å². The van der Waals surface area contributed by atoms with Gasteiger partial charge in [-0.2, -0.15) is 5.10 Å². The van der Waals surface area contributed by atoms with Crippen LogP contribution in [-0.2, 0) is 20.0 Å². The van der Waals surface area contributed by atoms with E-state index in [0.29, 0.717) is 0 Å².